The molecule has 1 aliphatic heterocycles. The molecule has 0 amide bonds. The van der Waals surface area contributed by atoms with Crippen LogP contribution in [0.5, 0.6) is 0 Å². The lowest BCUT2D eigenvalue weighted by molar-refractivity contribution is -0.384. The smallest absolute Gasteiger partial charge is 0.270 e. The zero-order valence-corrected chi connectivity index (χ0v) is 16.6. The van der Waals surface area contributed by atoms with Crippen LogP contribution >= 0.6 is 17.0 Å². The Labute approximate surface area is 168 Å². The Hall–Kier alpha value is -2.54. The van der Waals surface area contributed by atoms with Crippen molar-refractivity contribution in [1.29, 1.82) is 0 Å². The molecule has 3 rings (SSSR count). The van der Waals surface area contributed by atoms with Crippen LogP contribution in [0.4, 0.5) is 11.4 Å². The van der Waals surface area contributed by atoms with E-state index < -0.39 is 4.92 Å². The van der Waals surface area contributed by atoms with Gasteiger partial charge in [-0.3, -0.25) is 19.9 Å². The molecule has 2 aromatic carbocycles. The number of nitro groups is 1. The van der Waals surface area contributed by atoms with Crippen molar-refractivity contribution in [1.82, 2.24) is 0 Å². The second-order valence-corrected chi connectivity index (χ2v) is 6.26. The van der Waals surface area contributed by atoms with Gasteiger partial charge in [-0.05, 0) is 25.0 Å². The number of nitrogens with zero attached hydrogens (tertiary/aromatic N) is 3. The SMILES string of the molecule is Br.O=C(CN(C1=NCCCCC1)c1ccccc1)c1cccc([N+](=O)[O-])c1. The zero-order chi connectivity index (χ0) is 18.4. The number of benzene rings is 2. The molecule has 0 unspecified atom stereocenters. The Morgan fingerprint density at radius 3 is 2.59 bits per heavy atom. The van der Waals surface area contributed by atoms with E-state index in [-0.39, 0.29) is 35.0 Å². The molecule has 6 nitrogen and oxygen atoms in total. The molecule has 0 spiro atoms. The van der Waals surface area contributed by atoms with E-state index in [2.05, 4.69) is 4.99 Å². The van der Waals surface area contributed by atoms with Gasteiger partial charge in [0.1, 0.15) is 5.84 Å². The van der Waals surface area contributed by atoms with E-state index in [1.54, 1.807) is 12.1 Å². The lowest BCUT2D eigenvalue weighted by atomic mass is 10.1. The average molecular weight is 432 g/mol. The molecule has 0 atom stereocenters. The van der Waals surface area contributed by atoms with Crippen LogP contribution in [0, 0.1) is 10.1 Å². The number of halogens is 1. The number of ketones is 1. The molecule has 142 valence electrons. The van der Waals surface area contributed by atoms with Gasteiger partial charge < -0.3 is 4.90 Å². The number of aliphatic imine (C=N–C) groups is 1. The summed E-state index contributed by atoms with van der Waals surface area (Å²) in [5.74, 6) is 0.747. The predicted octanol–water partition coefficient (Wildman–Crippen LogP) is 4.83. The van der Waals surface area contributed by atoms with Crippen molar-refractivity contribution in [2.24, 2.45) is 4.99 Å². The van der Waals surface area contributed by atoms with Gasteiger partial charge in [0.25, 0.3) is 5.69 Å². The number of carbonyl (C=O) groups is 1. The fourth-order valence-corrected chi connectivity index (χ4v) is 3.05. The molecule has 0 saturated heterocycles. The van der Waals surface area contributed by atoms with Gasteiger partial charge in [0.15, 0.2) is 5.78 Å². The summed E-state index contributed by atoms with van der Waals surface area (Å²) >= 11 is 0. The fraction of sp³-hybridized carbons (Fsp3) is 0.300. The topological polar surface area (TPSA) is 75.8 Å². The summed E-state index contributed by atoms with van der Waals surface area (Å²) in [5, 5.41) is 11.0. The number of anilines is 1. The van der Waals surface area contributed by atoms with Crippen LogP contribution in [0.1, 0.15) is 36.0 Å². The normalized spacial score (nSPS) is 13.7. The molecule has 7 heteroatoms. The third kappa shape index (κ3) is 5.47. The summed E-state index contributed by atoms with van der Waals surface area (Å²) in [6, 6.07) is 15.6. The number of nitro benzene ring substituents is 1. The molecule has 1 aliphatic rings. The Morgan fingerprint density at radius 1 is 1.07 bits per heavy atom. The number of hydrogen-bond acceptors (Lipinski definition) is 5. The highest BCUT2D eigenvalue weighted by atomic mass is 79.9. The third-order valence-electron chi connectivity index (χ3n) is 4.41. The van der Waals surface area contributed by atoms with Gasteiger partial charge in [-0.2, -0.15) is 0 Å². The summed E-state index contributed by atoms with van der Waals surface area (Å²) in [5.41, 5.74) is 1.18. The number of amidine groups is 1. The minimum Gasteiger partial charge on any atom is -0.322 e. The van der Waals surface area contributed by atoms with E-state index in [9.17, 15) is 14.9 Å². The second-order valence-electron chi connectivity index (χ2n) is 6.26. The van der Waals surface area contributed by atoms with Crippen LogP contribution < -0.4 is 4.90 Å². The molecule has 0 bridgehead atoms. The number of hydrogen-bond donors (Lipinski definition) is 0. The van der Waals surface area contributed by atoms with Gasteiger partial charge in [0, 0.05) is 36.3 Å². The quantitative estimate of drug-likeness (QED) is 0.385. The van der Waals surface area contributed by atoms with Crippen molar-refractivity contribution >= 4 is 40.0 Å². The molecular weight excluding hydrogens is 410 g/mol. The van der Waals surface area contributed by atoms with E-state index in [0.29, 0.717) is 5.56 Å². The zero-order valence-electron chi connectivity index (χ0n) is 14.9. The summed E-state index contributed by atoms with van der Waals surface area (Å²) in [7, 11) is 0. The number of carbonyl (C=O) groups excluding carboxylic acids is 1. The number of para-hydroxylation sites is 1. The molecule has 0 saturated carbocycles. The van der Waals surface area contributed by atoms with Gasteiger partial charge >= 0.3 is 0 Å². The highest BCUT2D eigenvalue weighted by Gasteiger charge is 2.20. The second kappa shape index (κ2) is 9.97. The van der Waals surface area contributed by atoms with E-state index in [1.165, 1.54) is 12.1 Å². The molecular formula is C20H22BrN3O3. The van der Waals surface area contributed by atoms with E-state index in [4.69, 9.17) is 0 Å². The Morgan fingerprint density at radius 2 is 1.85 bits per heavy atom. The van der Waals surface area contributed by atoms with Crippen LogP contribution in [-0.2, 0) is 0 Å². The first-order valence-electron chi connectivity index (χ1n) is 8.79. The van der Waals surface area contributed by atoms with Crippen LogP contribution in [0.2, 0.25) is 0 Å². The first kappa shape index (κ1) is 20.8. The molecule has 0 aliphatic carbocycles. The Bertz CT molecular complexity index is 824. The van der Waals surface area contributed by atoms with Crippen LogP contribution in [0.25, 0.3) is 0 Å². The third-order valence-corrected chi connectivity index (χ3v) is 4.41. The van der Waals surface area contributed by atoms with Crippen LogP contribution in [0.15, 0.2) is 59.6 Å². The average Bonchev–Trinajstić information content (AvgIpc) is 2.96. The highest BCUT2D eigenvalue weighted by molar-refractivity contribution is 8.93. The van der Waals surface area contributed by atoms with Gasteiger partial charge in [-0.25, -0.2) is 0 Å². The largest absolute Gasteiger partial charge is 0.322 e. The minimum atomic E-state index is -0.485. The van der Waals surface area contributed by atoms with Crippen molar-refractivity contribution in [2.75, 3.05) is 18.0 Å². The number of Topliss-reactive ketones (excluding diaryl/α,β-unsaturated/α-hetero) is 1. The summed E-state index contributed by atoms with van der Waals surface area (Å²) in [6.45, 7) is 0.883. The molecule has 1 heterocycles. The van der Waals surface area contributed by atoms with Gasteiger partial charge in [-0.1, -0.05) is 36.8 Å². The molecule has 0 fully saturated rings. The van der Waals surface area contributed by atoms with Crippen molar-refractivity contribution in [3.63, 3.8) is 0 Å². The van der Waals surface area contributed by atoms with Crippen molar-refractivity contribution < 1.29 is 9.72 Å². The monoisotopic (exact) mass is 431 g/mol. The fourth-order valence-electron chi connectivity index (χ4n) is 3.05. The first-order chi connectivity index (χ1) is 12.6. The van der Waals surface area contributed by atoms with Gasteiger partial charge in [0.05, 0.1) is 11.5 Å². The van der Waals surface area contributed by atoms with Crippen LogP contribution in [-0.4, -0.2) is 29.6 Å². The maximum Gasteiger partial charge on any atom is 0.270 e. The molecule has 0 aromatic heterocycles. The maximum atomic E-state index is 12.8. The highest BCUT2D eigenvalue weighted by Crippen LogP contribution is 2.20. The Kier molecular flexibility index (Phi) is 7.67. The molecule has 0 radical (unpaired) electrons. The summed E-state index contributed by atoms with van der Waals surface area (Å²) in [4.78, 5) is 29.9. The van der Waals surface area contributed by atoms with E-state index >= 15 is 0 Å². The Balaban J connectivity index is 0.00000261. The summed E-state index contributed by atoms with van der Waals surface area (Å²) < 4.78 is 0. The lowest BCUT2D eigenvalue weighted by Crippen LogP contribution is -2.36. The lowest BCUT2D eigenvalue weighted by Gasteiger charge is -2.25. The summed E-state index contributed by atoms with van der Waals surface area (Å²) in [6.07, 6.45) is 4.07. The number of rotatable bonds is 5. The van der Waals surface area contributed by atoms with Gasteiger partial charge in [-0.15, -0.1) is 17.0 Å². The first-order valence-corrected chi connectivity index (χ1v) is 8.79. The predicted molar refractivity (Wildman–Crippen MR) is 112 cm³/mol. The van der Waals surface area contributed by atoms with Crippen molar-refractivity contribution in [3.05, 3.63) is 70.3 Å². The maximum absolute atomic E-state index is 12.8. The molecule has 2 aromatic rings. The van der Waals surface area contributed by atoms with E-state index in [0.717, 1.165) is 43.8 Å². The van der Waals surface area contributed by atoms with Crippen molar-refractivity contribution in [3.8, 4) is 0 Å². The minimum absolute atomic E-state index is 0. The van der Waals surface area contributed by atoms with Crippen LogP contribution in [0.3, 0.4) is 0 Å². The van der Waals surface area contributed by atoms with Crippen molar-refractivity contribution in [2.45, 2.75) is 25.7 Å². The number of non-ortho nitro benzene ring substituents is 1. The van der Waals surface area contributed by atoms with E-state index in [1.807, 2.05) is 35.2 Å². The molecule has 0 N–H and O–H groups in total. The molecule has 27 heavy (non-hydrogen) atoms. The van der Waals surface area contributed by atoms with Gasteiger partial charge in [0.2, 0.25) is 0 Å². The standard InChI is InChI=1S/C20H21N3O3.BrH/c24-19(16-8-7-11-18(14-16)23(25)26)15-22(17-9-3-1-4-10-17)20-12-5-2-6-13-21-20;/h1,3-4,7-11,14H,2,5-6,12-13,15H2;1H.